The molecule has 1 aliphatic rings. The Balaban J connectivity index is 1.95. The van der Waals surface area contributed by atoms with Gasteiger partial charge in [0.2, 0.25) is 0 Å². The van der Waals surface area contributed by atoms with E-state index >= 15 is 0 Å². The van der Waals surface area contributed by atoms with Crippen LogP contribution in [0, 0.1) is 0 Å². The average molecular weight is 291 g/mol. The third kappa shape index (κ3) is 2.37. The van der Waals surface area contributed by atoms with E-state index in [4.69, 9.17) is 11.6 Å². The molecule has 1 aromatic carbocycles. The molecular formula is C15H15ClN2O2. The molecule has 4 nitrogen and oxygen atoms in total. The minimum absolute atomic E-state index is 0.385. The number of carbonyl (C=O) groups is 1. The lowest BCUT2D eigenvalue weighted by atomic mass is 10.1. The average Bonchev–Trinajstić information content (AvgIpc) is 2.91. The van der Waals surface area contributed by atoms with E-state index < -0.39 is 5.97 Å². The van der Waals surface area contributed by atoms with Crippen LogP contribution in [0.2, 0.25) is 5.02 Å². The lowest BCUT2D eigenvalue weighted by Gasteiger charge is -2.21. The van der Waals surface area contributed by atoms with Crippen LogP contribution in [-0.4, -0.2) is 33.5 Å². The van der Waals surface area contributed by atoms with Crippen LogP contribution in [0.5, 0.6) is 0 Å². The molecule has 1 atom stereocenters. The fraction of sp³-hybridized carbons (Fsp3) is 0.333. The highest BCUT2D eigenvalue weighted by atomic mass is 35.5. The molecule has 1 N–H and O–H groups in total. The number of likely N-dealkylation sites (tertiary alicyclic amines) is 1. The maximum atomic E-state index is 11.2. The van der Waals surface area contributed by atoms with Crippen molar-refractivity contribution in [2.24, 2.45) is 0 Å². The van der Waals surface area contributed by atoms with Crippen molar-refractivity contribution in [3.63, 3.8) is 0 Å². The highest BCUT2D eigenvalue weighted by molar-refractivity contribution is 6.35. The number of hydrogen-bond acceptors (Lipinski definition) is 3. The Labute approximate surface area is 122 Å². The Morgan fingerprint density at radius 1 is 1.45 bits per heavy atom. The first-order valence-corrected chi connectivity index (χ1v) is 7.03. The summed E-state index contributed by atoms with van der Waals surface area (Å²) in [6.07, 6.45) is 3.38. The van der Waals surface area contributed by atoms with Crippen LogP contribution in [0.15, 0.2) is 30.5 Å². The second-order valence-electron chi connectivity index (χ2n) is 5.07. The van der Waals surface area contributed by atoms with Crippen LogP contribution < -0.4 is 0 Å². The number of benzene rings is 1. The molecule has 1 aliphatic heterocycles. The quantitative estimate of drug-likeness (QED) is 0.944. The molecule has 1 saturated heterocycles. The largest absolute Gasteiger partial charge is 0.480 e. The topological polar surface area (TPSA) is 53.4 Å². The number of pyridine rings is 1. The van der Waals surface area contributed by atoms with Crippen molar-refractivity contribution >= 4 is 28.5 Å². The van der Waals surface area contributed by atoms with Crippen molar-refractivity contribution in [2.45, 2.75) is 25.4 Å². The smallest absolute Gasteiger partial charge is 0.320 e. The summed E-state index contributed by atoms with van der Waals surface area (Å²) in [6, 6.07) is 7.20. The molecule has 2 aromatic rings. The molecule has 20 heavy (non-hydrogen) atoms. The van der Waals surface area contributed by atoms with Gasteiger partial charge in [-0.2, -0.15) is 0 Å². The van der Waals surface area contributed by atoms with Gasteiger partial charge in [-0.1, -0.05) is 17.7 Å². The van der Waals surface area contributed by atoms with E-state index in [9.17, 15) is 9.90 Å². The maximum absolute atomic E-state index is 11.2. The Bertz CT molecular complexity index is 659. The molecule has 0 saturated carbocycles. The van der Waals surface area contributed by atoms with E-state index in [0.29, 0.717) is 18.0 Å². The van der Waals surface area contributed by atoms with Gasteiger partial charge in [-0.05, 0) is 43.1 Å². The monoisotopic (exact) mass is 290 g/mol. The van der Waals surface area contributed by atoms with E-state index in [1.807, 2.05) is 29.2 Å². The van der Waals surface area contributed by atoms with Crippen molar-refractivity contribution < 1.29 is 9.90 Å². The number of aromatic nitrogens is 1. The molecule has 1 aromatic heterocycles. The minimum atomic E-state index is -0.742. The molecular weight excluding hydrogens is 276 g/mol. The van der Waals surface area contributed by atoms with Crippen molar-refractivity contribution in [2.75, 3.05) is 6.54 Å². The third-order valence-electron chi connectivity index (χ3n) is 3.82. The Kier molecular flexibility index (Phi) is 3.59. The van der Waals surface area contributed by atoms with Crippen LogP contribution >= 0.6 is 11.6 Å². The number of fused-ring (bicyclic) bond motifs is 1. The molecule has 3 rings (SSSR count). The van der Waals surface area contributed by atoms with Gasteiger partial charge in [0.1, 0.15) is 6.04 Å². The SMILES string of the molecule is O=C(O)C1CCCN1Cc1ccc(Cl)c2cccnc12. The van der Waals surface area contributed by atoms with Gasteiger partial charge in [0, 0.05) is 23.2 Å². The van der Waals surface area contributed by atoms with Crippen LogP contribution in [0.3, 0.4) is 0 Å². The number of rotatable bonds is 3. The van der Waals surface area contributed by atoms with Crippen LogP contribution in [-0.2, 0) is 11.3 Å². The summed E-state index contributed by atoms with van der Waals surface area (Å²) < 4.78 is 0. The second-order valence-corrected chi connectivity index (χ2v) is 5.48. The number of hydrogen-bond donors (Lipinski definition) is 1. The van der Waals surface area contributed by atoms with E-state index in [1.54, 1.807) is 6.20 Å². The van der Waals surface area contributed by atoms with Crippen LogP contribution in [0.25, 0.3) is 10.9 Å². The van der Waals surface area contributed by atoms with Gasteiger partial charge < -0.3 is 5.11 Å². The molecule has 1 unspecified atom stereocenters. The number of halogens is 1. The van der Waals surface area contributed by atoms with Crippen molar-refractivity contribution in [3.8, 4) is 0 Å². The zero-order chi connectivity index (χ0) is 14.1. The molecule has 0 aliphatic carbocycles. The molecule has 104 valence electrons. The molecule has 0 spiro atoms. The lowest BCUT2D eigenvalue weighted by Crippen LogP contribution is -2.35. The number of carboxylic acid groups (broad SMARTS) is 1. The fourth-order valence-corrected chi connectivity index (χ4v) is 3.05. The highest BCUT2D eigenvalue weighted by Gasteiger charge is 2.30. The minimum Gasteiger partial charge on any atom is -0.480 e. The van der Waals surface area contributed by atoms with Crippen molar-refractivity contribution in [1.29, 1.82) is 0 Å². The van der Waals surface area contributed by atoms with Gasteiger partial charge >= 0.3 is 5.97 Å². The standard InChI is InChI=1S/C15H15ClN2O2/c16-12-6-5-10(14-11(12)3-1-7-17-14)9-18-8-2-4-13(18)15(19)20/h1,3,5-7,13H,2,4,8-9H2,(H,19,20). The number of nitrogens with zero attached hydrogens (tertiary/aromatic N) is 2. The Hall–Kier alpha value is -1.65. The summed E-state index contributed by atoms with van der Waals surface area (Å²) in [7, 11) is 0. The van der Waals surface area contributed by atoms with Crippen molar-refractivity contribution in [1.82, 2.24) is 9.88 Å². The first kappa shape index (κ1) is 13.3. The van der Waals surface area contributed by atoms with Gasteiger partial charge in [-0.3, -0.25) is 14.7 Å². The van der Waals surface area contributed by atoms with E-state index in [-0.39, 0.29) is 6.04 Å². The Morgan fingerprint density at radius 3 is 3.10 bits per heavy atom. The fourth-order valence-electron chi connectivity index (χ4n) is 2.84. The molecule has 5 heteroatoms. The summed E-state index contributed by atoms with van der Waals surface area (Å²) in [5, 5.41) is 10.8. The van der Waals surface area contributed by atoms with Crippen LogP contribution in [0.4, 0.5) is 0 Å². The third-order valence-corrected chi connectivity index (χ3v) is 4.15. The molecule has 0 amide bonds. The van der Waals surface area contributed by atoms with Gasteiger partial charge in [0.05, 0.1) is 5.52 Å². The van der Waals surface area contributed by atoms with Gasteiger partial charge in [0.15, 0.2) is 0 Å². The van der Waals surface area contributed by atoms with E-state index in [0.717, 1.165) is 29.4 Å². The molecule has 0 radical (unpaired) electrons. The maximum Gasteiger partial charge on any atom is 0.320 e. The highest BCUT2D eigenvalue weighted by Crippen LogP contribution is 2.27. The lowest BCUT2D eigenvalue weighted by molar-refractivity contribution is -0.142. The van der Waals surface area contributed by atoms with Crippen molar-refractivity contribution in [3.05, 3.63) is 41.0 Å². The van der Waals surface area contributed by atoms with E-state index in [1.165, 1.54) is 0 Å². The molecule has 0 bridgehead atoms. The zero-order valence-electron chi connectivity index (χ0n) is 10.9. The summed E-state index contributed by atoms with van der Waals surface area (Å²) in [4.78, 5) is 17.6. The summed E-state index contributed by atoms with van der Waals surface area (Å²) in [5.74, 6) is -0.742. The Morgan fingerprint density at radius 2 is 2.30 bits per heavy atom. The second kappa shape index (κ2) is 5.38. The molecule has 1 fully saturated rings. The predicted molar refractivity (Wildman–Crippen MR) is 77.8 cm³/mol. The molecule has 2 heterocycles. The van der Waals surface area contributed by atoms with Gasteiger partial charge in [-0.25, -0.2) is 0 Å². The number of carboxylic acids is 1. The summed E-state index contributed by atoms with van der Waals surface area (Å²) in [6.45, 7) is 1.41. The van der Waals surface area contributed by atoms with E-state index in [2.05, 4.69) is 4.98 Å². The van der Waals surface area contributed by atoms with Crippen LogP contribution in [0.1, 0.15) is 18.4 Å². The summed E-state index contributed by atoms with van der Waals surface area (Å²) >= 11 is 6.18. The summed E-state index contributed by atoms with van der Waals surface area (Å²) in [5.41, 5.74) is 1.88. The number of aliphatic carboxylic acids is 1. The van der Waals surface area contributed by atoms with Gasteiger partial charge in [-0.15, -0.1) is 0 Å². The first-order valence-electron chi connectivity index (χ1n) is 6.66. The first-order chi connectivity index (χ1) is 9.66. The van der Waals surface area contributed by atoms with Gasteiger partial charge in [0.25, 0.3) is 0 Å². The zero-order valence-corrected chi connectivity index (χ0v) is 11.7. The predicted octanol–water partition coefficient (Wildman–Crippen LogP) is 2.94. The normalized spacial score (nSPS) is 19.6.